The molecule has 2 fully saturated rings. The standard InChI is InChI=1S/C36H38N2/c1-5-13-29(14-6-1)35(30-15-7-2-8-16-30)36(31-17-21-33(22-18-31)37-25-9-3-10-26-37)32-19-23-34(24-20-32)38-27-11-4-12-28-38/h1-2,5-8,13-24H,3-4,9-12,25-28H2. The van der Waals surface area contributed by atoms with Gasteiger partial charge in [0.05, 0.1) is 0 Å². The Labute approximate surface area is 228 Å². The maximum Gasteiger partial charge on any atom is 0.0366 e. The summed E-state index contributed by atoms with van der Waals surface area (Å²) >= 11 is 0. The van der Waals surface area contributed by atoms with Gasteiger partial charge in [0.1, 0.15) is 0 Å². The Morgan fingerprint density at radius 1 is 0.342 bits per heavy atom. The third-order valence-electron chi connectivity index (χ3n) is 8.13. The second-order valence-electron chi connectivity index (χ2n) is 10.7. The first-order valence-corrected chi connectivity index (χ1v) is 14.4. The van der Waals surface area contributed by atoms with E-state index in [1.54, 1.807) is 0 Å². The van der Waals surface area contributed by atoms with Crippen LogP contribution in [0.4, 0.5) is 11.4 Å². The second-order valence-corrected chi connectivity index (χ2v) is 10.7. The van der Waals surface area contributed by atoms with Crippen LogP contribution < -0.4 is 9.80 Å². The third-order valence-corrected chi connectivity index (χ3v) is 8.13. The predicted octanol–water partition coefficient (Wildman–Crippen LogP) is 8.67. The van der Waals surface area contributed by atoms with E-state index in [1.807, 2.05) is 0 Å². The zero-order valence-corrected chi connectivity index (χ0v) is 22.4. The quantitative estimate of drug-likeness (QED) is 0.245. The molecule has 2 heterocycles. The molecular formula is C36H38N2. The lowest BCUT2D eigenvalue weighted by atomic mass is 9.85. The lowest BCUT2D eigenvalue weighted by Crippen LogP contribution is -2.29. The zero-order valence-electron chi connectivity index (χ0n) is 22.4. The highest BCUT2D eigenvalue weighted by molar-refractivity contribution is 6.04. The van der Waals surface area contributed by atoms with Crippen LogP contribution in [-0.4, -0.2) is 26.2 Å². The van der Waals surface area contributed by atoms with Gasteiger partial charge in [-0.3, -0.25) is 0 Å². The Hall–Kier alpha value is -3.78. The highest BCUT2D eigenvalue weighted by Crippen LogP contribution is 2.38. The van der Waals surface area contributed by atoms with Crippen molar-refractivity contribution in [2.75, 3.05) is 36.0 Å². The average Bonchev–Trinajstić information content (AvgIpc) is 3.02. The molecule has 0 amide bonds. The lowest BCUT2D eigenvalue weighted by Gasteiger charge is -2.29. The fourth-order valence-corrected chi connectivity index (χ4v) is 6.10. The van der Waals surface area contributed by atoms with Gasteiger partial charge in [-0.05, 0) is 96.2 Å². The number of hydrogen-bond donors (Lipinski definition) is 0. The van der Waals surface area contributed by atoms with Gasteiger partial charge in [0.25, 0.3) is 0 Å². The Morgan fingerprint density at radius 2 is 0.658 bits per heavy atom. The topological polar surface area (TPSA) is 6.48 Å². The van der Waals surface area contributed by atoms with Crippen LogP contribution in [0.2, 0.25) is 0 Å². The first-order valence-electron chi connectivity index (χ1n) is 14.4. The van der Waals surface area contributed by atoms with Gasteiger partial charge in [-0.2, -0.15) is 0 Å². The molecule has 0 spiro atoms. The molecule has 2 heteroatoms. The molecule has 38 heavy (non-hydrogen) atoms. The largest absolute Gasteiger partial charge is 0.372 e. The molecule has 0 aliphatic carbocycles. The maximum atomic E-state index is 2.54. The van der Waals surface area contributed by atoms with E-state index in [9.17, 15) is 0 Å². The predicted molar refractivity (Wildman–Crippen MR) is 163 cm³/mol. The van der Waals surface area contributed by atoms with Crippen LogP contribution in [0.5, 0.6) is 0 Å². The van der Waals surface area contributed by atoms with E-state index in [0.717, 1.165) is 0 Å². The normalized spacial score (nSPS) is 15.8. The fraction of sp³-hybridized carbons (Fsp3) is 0.278. The van der Waals surface area contributed by atoms with Crippen molar-refractivity contribution in [2.45, 2.75) is 38.5 Å². The lowest BCUT2D eigenvalue weighted by molar-refractivity contribution is 0.578. The van der Waals surface area contributed by atoms with Crippen LogP contribution in [0.1, 0.15) is 60.8 Å². The third kappa shape index (κ3) is 5.41. The van der Waals surface area contributed by atoms with Gasteiger partial charge in [-0.15, -0.1) is 0 Å². The summed E-state index contributed by atoms with van der Waals surface area (Å²) in [6, 6.07) is 40.4. The average molecular weight is 499 g/mol. The molecule has 6 rings (SSSR count). The van der Waals surface area contributed by atoms with Crippen LogP contribution in [-0.2, 0) is 0 Å². The maximum absolute atomic E-state index is 2.54. The summed E-state index contributed by atoms with van der Waals surface area (Å²) in [6.07, 6.45) is 7.88. The molecule has 2 saturated heterocycles. The summed E-state index contributed by atoms with van der Waals surface area (Å²) < 4.78 is 0. The number of benzene rings is 4. The Bertz CT molecular complexity index is 1220. The van der Waals surface area contributed by atoms with Gasteiger partial charge in [0, 0.05) is 37.6 Å². The Kier molecular flexibility index (Phi) is 7.58. The van der Waals surface area contributed by atoms with E-state index in [0.29, 0.717) is 0 Å². The van der Waals surface area contributed by atoms with Gasteiger partial charge in [-0.1, -0.05) is 84.9 Å². The van der Waals surface area contributed by atoms with E-state index in [4.69, 9.17) is 0 Å². The summed E-state index contributed by atoms with van der Waals surface area (Å²) in [7, 11) is 0. The van der Waals surface area contributed by atoms with Crippen LogP contribution in [0.15, 0.2) is 109 Å². The summed E-state index contributed by atoms with van der Waals surface area (Å²) in [5.74, 6) is 0. The molecule has 2 nitrogen and oxygen atoms in total. The minimum atomic E-state index is 1.17. The highest BCUT2D eigenvalue weighted by Gasteiger charge is 2.18. The SMILES string of the molecule is c1ccc(C(=C(c2ccc(N3CCCCC3)cc2)c2ccc(N3CCCCC3)cc2)c2ccccc2)cc1. The second kappa shape index (κ2) is 11.7. The molecule has 0 atom stereocenters. The molecule has 2 aliphatic rings. The molecule has 4 aromatic carbocycles. The van der Waals surface area contributed by atoms with Gasteiger partial charge >= 0.3 is 0 Å². The summed E-state index contributed by atoms with van der Waals surface area (Å²) in [5.41, 5.74) is 10.3. The van der Waals surface area contributed by atoms with Crippen LogP contribution in [0, 0.1) is 0 Å². The molecular weight excluding hydrogens is 460 g/mol. The van der Waals surface area contributed by atoms with E-state index >= 15 is 0 Å². The monoisotopic (exact) mass is 498 g/mol. The van der Waals surface area contributed by atoms with Crippen LogP contribution in [0.3, 0.4) is 0 Å². The van der Waals surface area contributed by atoms with Gasteiger partial charge in [-0.25, -0.2) is 0 Å². The molecule has 0 aromatic heterocycles. The smallest absolute Gasteiger partial charge is 0.0366 e. The van der Waals surface area contributed by atoms with Gasteiger partial charge < -0.3 is 9.80 Å². The van der Waals surface area contributed by atoms with Crippen molar-refractivity contribution in [3.05, 3.63) is 131 Å². The van der Waals surface area contributed by atoms with Crippen molar-refractivity contribution >= 4 is 22.5 Å². The van der Waals surface area contributed by atoms with Crippen molar-refractivity contribution in [1.29, 1.82) is 0 Å². The fourth-order valence-electron chi connectivity index (χ4n) is 6.10. The van der Waals surface area contributed by atoms with Crippen molar-refractivity contribution in [3.8, 4) is 0 Å². The van der Waals surface area contributed by atoms with Crippen molar-refractivity contribution < 1.29 is 0 Å². The number of rotatable bonds is 6. The van der Waals surface area contributed by atoms with Gasteiger partial charge in [0.2, 0.25) is 0 Å². The molecule has 0 unspecified atom stereocenters. The Balaban J connectivity index is 1.48. The zero-order chi connectivity index (χ0) is 25.6. The Morgan fingerprint density at radius 3 is 1.00 bits per heavy atom. The number of anilines is 2. The molecule has 0 bridgehead atoms. The molecule has 2 aliphatic heterocycles. The minimum Gasteiger partial charge on any atom is -0.372 e. The first kappa shape index (κ1) is 24.6. The molecule has 0 saturated carbocycles. The van der Waals surface area contributed by atoms with E-state index in [2.05, 4.69) is 119 Å². The number of hydrogen-bond acceptors (Lipinski definition) is 2. The van der Waals surface area contributed by atoms with E-state index in [1.165, 1.54) is 109 Å². The van der Waals surface area contributed by atoms with Gasteiger partial charge in [0.15, 0.2) is 0 Å². The molecule has 0 N–H and O–H groups in total. The molecule has 192 valence electrons. The molecule has 0 radical (unpaired) electrons. The summed E-state index contributed by atoms with van der Waals surface area (Å²) in [5, 5.41) is 0. The number of nitrogens with zero attached hydrogens (tertiary/aromatic N) is 2. The van der Waals surface area contributed by atoms with Crippen LogP contribution in [0.25, 0.3) is 11.1 Å². The van der Waals surface area contributed by atoms with Crippen molar-refractivity contribution in [3.63, 3.8) is 0 Å². The minimum absolute atomic E-state index is 1.17. The number of piperidine rings is 2. The summed E-state index contributed by atoms with van der Waals surface area (Å²) in [6.45, 7) is 4.66. The van der Waals surface area contributed by atoms with E-state index in [-0.39, 0.29) is 0 Å². The highest BCUT2D eigenvalue weighted by atomic mass is 15.1. The molecule has 4 aromatic rings. The van der Waals surface area contributed by atoms with Crippen molar-refractivity contribution in [1.82, 2.24) is 0 Å². The van der Waals surface area contributed by atoms with Crippen LogP contribution >= 0.6 is 0 Å². The van der Waals surface area contributed by atoms with Crippen molar-refractivity contribution in [2.24, 2.45) is 0 Å². The first-order chi connectivity index (χ1) is 18.9. The van der Waals surface area contributed by atoms with E-state index < -0.39 is 0 Å². The summed E-state index contributed by atoms with van der Waals surface area (Å²) in [4.78, 5) is 5.08.